The monoisotopic (exact) mass is 705 g/mol. The van der Waals surface area contributed by atoms with Gasteiger partial charge in [-0.2, -0.15) is 5.26 Å². The van der Waals surface area contributed by atoms with E-state index in [-0.39, 0.29) is 29.7 Å². The average molecular weight is 706 g/mol. The quantitative estimate of drug-likeness (QED) is 0.105. The third kappa shape index (κ3) is 11.6. The Balaban J connectivity index is 1.44. The summed E-state index contributed by atoms with van der Waals surface area (Å²) in [6.45, 7) is 30.9. The predicted molar refractivity (Wildman–Crippen MR) is 206 cm³/mol. The lowest BCUT2D eigenvalue weighted by Crippen LogP contribution is -2.48. The molecule has 4 rings (SSSR count). The number of Topliss-reactive ketones (excluding diaryl/α,β-unsaturated/α-hetero) is 1. The van der Waals surface area contributed by atoms with Gasteiger partial charge in [0.1, 0.15) is 12.8 Å². The summed E-state index contributed by atoms with van der Waals surface area (Å²) >= 11 is 0. The summed E-state index contributed by atoms with van der Waals surface area (Å²) in [5.74, 6) is 0.209. The number of hydrogen-bond donors (Lipinski definition) is 0. The number of carbonyl (C=O) groups excluding carboxylic acids is 1. The zero-order valence-corrected chi connectivity index (χ0v) is 34.2. The number of hydrogen-bond acceptors (Lipinski definition) is 7. The van der Waals surface area contributed by atoms with Gasteiger partial charge in [0.15, 0.2) is 19.8 Å². The Labute approximate surface area is 299 Å². The molecule has 49 heavy (non-hydrogen) atoms. The Morgan fingerprint density at radius 2 is 1.73 bits per heavy atom. The Morgan fingerprint density at radius 1 is 1.04 bits per heavy atom. The Kier molecular flexibility index (Phi) is 13.1. The number of aromatic nitrogens is 2. The van der Waals surface area contributed by atoms with E-state index in [9.17, 15) is 10.1 Å². The fourth-order valence-electron chi connectivity index (χ4n) is 6.16. The van der Waals surface area contributed by atoms with Gasteiger partial charge in [-0.05, 0) is 77.2 Å². The summed E-state index contributed by atoms with van der Waals surface area (Å²) in [7, 11) is -2.96. The number of nitrogens with zero attached hydrogens (tertiary/aromatic N) is 5. The summed E-state index contributed by atoms with van der Waals surface area (Å²) in [4.78, 5) is 23.3. The minimum atomic E-state index is -1.72. The van der Waals surface area contributed by atoms with Crippen molar-refractivity contribution in [3.63, 3.8) is 0 Å². The standard InChI is InChI=1S/C39H63N5O3Si2/c1-38(2,3)49(9,10)47-22-21-42-17-19-43(20-18-42)28-31-11-12-33(35(25-31)32-13-15-39(4,5)16-14-32)26-36(45)37-41-34(27-40)29-44(37)30-46-23-24-48(6,7)8/h11-13,25,29H,14-24,26,28,30H2,1-10H3. The number of allylic oxidation sites excluding steroid dienone is 2. The topological polar surface area (TPSA) is 83.6 Å². The second-order valence-corrected chi connectivity index (χ2v) is 28.2. The smallest absolute Gasteiger partial charge is 0.202 e. The summed E-state index contributed by atoms with van der Waals surface area (Å²) in [6.07, 6.45) is 7.43. The molecule has 0 unspecified atom stereocenters. The van der Waals surface area contributed by atoms with Gasteiger partial charge in [-0.3, -0.25) is 14.6 Å². The van der Waals surface area contributed by atoms with E-state index >= 15 is 0 Å². The van der Waals surface area contributed by atoms with Crippen LogP contribution in [0.15, 0.2) is 30.5 Å². The maximum atomic E-state index is 13.8. The number of rotatable bonds is 15. The van der Waals surface area contributed by atoms with Crippen molar-refractivity contribution >= 4 is 27.7 Å². The van der Waals surface area contributed by atoms with Crippen LogP contribution in [0.2, 0.25) is 43.8 Å². The van der Waals surface area contributed by atoms with Crippen LogP contribution in [0.5, 0.6) is 0 Å². The second kappa shape index (κ2) is 16.3. The molecule has 0 radical (unpaired) electrons. The maximum Gasteiger partial charge on any atom is 0.202 e. The summed E-state index contributed by atoms with van der Waals surface area (Å²) in [6, 6.07) is 9.83. The van der Waals surface area contributed by atoms with Crippen molar-refractivity contribution in [1.29, 1.82) is 5.26 Å². The lowest BCUT2D eigenvalue weighted by atomic mass is 9.76. The van der Waals surface area contributed by atoms with Crippen molar-refractivity contribution in [2.24, 2.45) is 5.41 Å². The average Bonchev–Trinajstić information content (AvgIpc) is 3.43. The molecule has 1 saturated heterocycles. The summed E-state index contributed by atoms with van der Waals surface area (Å²) in [5, 5.41) is 9.80. The van der Waals surface area contributed by atoms with Crippen LogP contribution in [-0.2, 0) is 28.9 Å². The first-order chi connectivity index (χ1) is 22.9. The number of piperazine rings is 1. The van der Waals surface area contributed by atoms with Crippen LogP contribution in [0.3, 0.4) is 0 Å². The fraction of sp³-hybridized carbons (Fsp3) is 0.667. The molecule has 2 aliphatic rings. The molecular weight excluding hydrogens is 643 g/mol. The van der Waals surface area contributed by atoms with Crippen molar-refractivity contribution < 1.29 is 14.0 Å². The molecule has 0 atom stereocenters. The Morgan fingerprint density at radius 3 is 2.35 bits per heavy atom. The molecule has 1 aromatic heterocycles. The molecule has 0 bridgehead atoms. The minimum absolute atomic E-state index is 0.0882. The van der Waals surface area contributed by atoms with Gasteiger partial charge in [-0.1, -0.05) is 72.5 Å². The molecule has 2 aromatic rings. The lowest BCUT2D eigenvalue weighted by Gasteiger charge is -2.38. The van der Waals surface area contributed by atoms with E-state index in [0.717, 1.165) is 76.7 Å². The van der Waals surface area contributed by atoms with Crippen LogP contribution in [0, 0.1) is 16.7 Å². The molecule has 0 spiro atoms. The molecule has 1 aliphatic carbocycles. The first-order valence-electron chi connectivity index (χ1n) is 18.3. The van der Waals surface area contributed by atoms with Gasteiger partial charge in [0.2, 0.25) is 5.78 Å². The van der Waals surface area contributed by atoms with Gasteiger partial charge in [0.25, 0.3) is 0 Å². The van der Waals surface area contributed by atoms with Crippen molar-refractivity contribution in [3.05, 3.63) is 58.7 Å². The Bertz CT molecular complexity index is 1500. The van der Waals surface area contributed by atoms with E-state index in [4.69, 9.17) is 9.16 Å². The Hall–Kier alpha value is -2.40. The first-order valence-corrected chi connectivity index (χ1v) is 25.0. The van der Waals surface area contributed by atoms with Crippen LogP contribution >= 0.6 is 0 Å². The molecule has 1 aromatic carbocycles. The highest BCUT2D eigenvalue weighted by atomic mass is 28.4. The fourth-order valence-corrected chi connectivity index (χ4v) is 7.95. The molecule has 0 N–H and O–H groups in total. The summed E-state index contributed by atoms with van der Waals surface area (Å²) in [5.41, 5.74) is 5.38. The number of ether oxygens (including phenoxy) is 1. The molecule has 1 fully saturated rings. The maximum absolute atomic E-state index is 13.8. The molecule has 270 valence electrons. The molecule has 0 saturated carbocycles. The minimum Gasteiger partial charge on any atom is -0.416 e. The molecule has 0 amide bonds. The van der Waals surface area contributed by atoms with E-state index in [1.807, 2.05) is 0 Å². The second-order valence-electron chi connectivity index (χ2n) is 17.8. The SMILES string of the molecule is CC1(C)CC=C(c2cc(CN3CCN(CCO[Si](C)(C)C(C)(C)C)CC3)ccc2CC(=O)c2nc(C#N)cn2COCC[Si](C)(C)C)CC1. The molecule has 1 aliphatic heterocycles. The highest BCUT2D eigenvalue weighted by molar-refractivity contribution is 6.76. The van der Waals surface area contributed by atoms with E-state index in [1.54, 1.807) is 10.8 Å². The van der Waals surface area contributed by atoms with Crippen molar-refractivity contribution in [3.8, 4) is 6.07 Å². The van der Waals surface area contributed by atoms with E-state index in [2.05, 4.69) is 112 Å². The largest absolute Gasteiger partial charge is 0.416 e. The zero-order valence-electron chi connectivity index (χ0n) is 32.2. The first kappa shape index (κ1) is 39.4. The highest BCUT2D eigenvalue weighted by Gasteiger charge is 2.37. The zero-order chi connectivity index (χ0) is 36.0. The van der Waals surface area contributed by atoms with Gasteiger partial charge < -0.3 is 13.7 Å². The van der Waals surface area contributed by atoms with E-state index < -0.39 is 16.4 Å². The number of imidazole rings is 1. The van der Waals surface area contributed by atoms with Gasteiger partial charge in [0, 0.05) is 73.2 Å². The van der Waals surface area contributed by atoms with Gasteiger partial charge >= 0.3 is 0 Å². The highest BCUT2D eigenvalue weighted by Crippen LogP contribution is 2.39. The lowest BCUT2D eigenvalue weighted by molar-refractivity contribution is 0.0799. The molecule has 2 heterocycles. The number of carbonyl (C=O) groups is 1. The van der Waals surface area contributed by atoms with E-state index in [1.165, 1.54) is 16.7 Å². The van der Waals surface area contributed by atoms with Crippen molar-refractivity contribution in [2.45, 2.75) is 117 Å². The van der Waals surface area contributed by atoms with Gasteiger partial charge in [-0.15, -0.1) is 0 Å². The van der Waals surface area contributed by atoms with Crippen LogP contribution in [-0.4, -0.2) is 87.5 Å². The third-order valence-corrected chi connectivity index (χ3v) is 17.0. The predicted octanol–water partition coefficient (Wildman–Crippen LogP) is 8.23. The summed E-state index contributed by atoms with van der Waals surface area (Å²) < 4.78 is 14.1. The van der Waals surface area contributed by atoms with E-state index in [0.29, 0.717) is 17.8 Å². The number of ketones is 1. The number of benzene rings is 1. The third-order valence-electron chi connectivity index (χ3n) is 10.8. The molecular formula is C39H63N5O3Si2. The van der Waals surface area contributed by atoms with Crippen LogP contribution < -0.4 is 0 Å². The van der Waals surface area contributed by atoms with Crippen LogP contribution in [0.4, 0.5) is 0 Å². The van der Waals surface area contributed by atoms with Gasteiger partial charge in [-0.25, -0.2) is 4.98 Å². The van der Waals surface area contributed by atoms with Gasteiger partial charge in [0.05, 0.1) is 0 Å². The molecule has 8 nitrogen and oxygen atoms in total. The van der Waals surface area contributed by atoms with Crippen LogP contribution in [0.1, 0.15) is 86.9 Å². The number of nitriles is 1. The van der Waals surface area contributed by atoms with Crippen molar-refractivity contribution in [1.82, 2.24) is 19.4 Å². The van der Waals surface area contributed by atoms with Crippen molar-refractivity contribution in [2.75, 3.05) is 45.9 Å². The normalized spacial score (nSPS) is 17.9. The van der Waals surface area contributed by atoms with Crippen LogP contribution in [0.25, 0.3) is 5.57 Å². The molecule has 10 heteroatoms.